The van der Waals surface area contributed by atoms with Crippen molar-refractivity contribution in [2.45, 2.75) is 19.4 Å². The lowest BCUT2D eigenvalue weighted by molar-refractivity contribution is -0.140. The number of ether oxygens (including phenoxy) is 1. The van der Waals surface area contributed by atoms with Gasteiger partial charge in [-0.15, -0.1) is 0 Å². The van der Waals surface area contributed by atoms with Crippen LogP contribution in [0.5, 0.6) is 0 Å². The van der Waals surface area contributed by atoms with Crippen LogP contribution in [0.15, 0.2) is 0 Å². The molecule has 0 aromatic heterocycles. The Morgan fingerprint density at radius 1 is 1.80 bits per heavy atom. The molecule has 1 saturated heterocycles. The summed E-state index contributed by atoms with van der Waals surface area (Å²) in [6.07, 6.45) is 0.529. The highest BCUT2D eigenvalue weighted by molar-refractivity contribution is 5.69. The van der Waals surface area contributed by atoms with Gasteiger partial charge >= 0.3 is 5.97 Å². The number of methoxy groups -OCH3 is 1. The molecule has 0 aromatic rings. The van der Waals surface area contributed by atoms with Gasteiger partial charge < -0.3 is 4.74 Å². The van der Waals surface area contributed by atoms with Crippen LogP contribution >= 0.6 is 0 Å². The van der Waals surface area contributed by atoms with Gasteiger partial charge in [-0.25, -0.2) is 0 Å². The average Bonchev–Trinajstić information content (AvgIpc) is 2.61. The van der Waals surface area contributed by atoms with E-state index in [0.717, 1.165) is 13.1 Å². The van der Waals surface area contributed by atoms with Gasteiger partial charge in [0.1, 0.15) is 0 Å². The molecule has 1 rings (SSSR count). The second kappa shape index (κ2) is 3.01. The smallest absolute Gasteiger partial charge is 0.306 e. The Morgan fingerprint density at radius 2 is 2.40 bits per heavy atom. The fourth-order valence-corrected chi connectivity index (χ4v) is 0.941. The topological polar surface area (TPSA) is 29.3 Å². The molecule has 0 bridgehead atoms. The van der Waals surface area contributed by atoms with Crippen LogP contribution in [-0.2, 0) is 9.53 Å². The summed E-state index contributed by atoms with van der Waals surface area (Å²) in [4.78, 5) is 12.8. The van der Waals surface area contributed by atoms with Gasteiger partial charge in [0, 0.05) is 19.1 Å². The maximum atomic E-state index is 10.6. The molecule has 2 unspecified atom stereocenters. The van der Waals surface area contributed by atoms with Crippen LogP contribution in [0.25, 0.3) is 0 Å². The molecule has 0 radical (unpaired) electrons. The molecule has 10 heavy (non-hydrogen) atoms. The number of carbonyl (C=O) groups is 1. The van der Waals surface area contributed by atoms with E-state index in [2.05, 4.69) is 16.6 Å². The predicted molar refractivity (Wildman–Crippen MR) is 37.7 cm³/mol. The summed E-state index contributed by atoms with van der Waals surface area (Å²) in [5.74, 6) is -0.112. The number of hydrogen-bond donors (Lipinski definition) is 0. The Bertz CT molecular complexity index is 136. The summed E-state index contributed by atoms with van der Waals surface area (Å²) in [7, 11) is 1.42. The van der Waals surface area contributed by atoms with Crippen molar-refractivity contribution in [3.8, 4) is 0 Å². The second-order valence-corrected chi connectivity index (χ2v) is 2.67. The van der Waals surface area contributed by atoms with Crippen LogP contribution in [0.3, 0.4) is 0 Å². The fourth-order valence-electron chi connectivity index (χ4n) is 0.941. The minimum atomic E-state index is -0.112. The lowest BCUT2D eigenvalue weighted by Gasteiger charge is -1.99. The first kappa shape index (κ1) is 7.54. The molecular formula is C7H13NO2. The first-order chi connectivity index (χ1) is 4.74. The normalized spacial score (nSPS) is 29.8. The summed E-state index contributed by atoms with van der Waals surface area (Å²) in [6.45, 7) is 4.14. The summed E-state index contributed by atoms with van der Waals surface area (Å²) in [6, 6.07) is 0.685. The molecule has 0 N–H and O–H groups in total. The fraction of sp³-hybridized carbons (Fsp3) is 0.857. The monoisotopic (exact) mass is 143 g/mol. The van der Waals surface area contributed by atoms with Crippen molar-refractivity contribution < 1.29 is 9.53 Å². The predicted octanol–water partition coefficient (Wildman–Crippen LogP) is 0.254. The molecule has 0 aromatic carbocycles. The number of nitrogens with zero attached hydrogens (tertiary/aromatic N) is 1. The Kier molecular flexibility index (Phi) is 2.27. The molecule has 1 fully saturated rings. The van der Waals surface area contributed by atoms with E-state index in [0.29, 0.717) is 12.5 Å². The van der Waals surface area contributed by atoms with Crippen molar-refractivity contribution in [2.24, 2.45) is 0 Å². The summed E-state index contributed by atoms with van der Waals surface area (Å²) >= 11 is 0. The Labute approximate surface area is 61.0 Å². The third-order valence-electron chi connectivity index (χ3n) is 1.82. The molecular weight excluding hydrogens is 130 g/mol. The lowest BCUT2D eigenvalue weighted by Crippen LogP contribution is -2.09. The summed E-state index contributed by atoms with van der Waals surface area (Å²) < 4.78 is 4.50. The number of hydrogen-bond acceptors (Lipinski definition) is 3. The van der Waals surface area contributed by atoms with Crippen LogP contribution in [-0.4, -0.2) is 37.1 Å². The van der Waals surface area contributed by atoms with Gasteiger partial charge in [0.2, 0.25) is 0 Å². The van der Waals surface area contributed by atoms with Gasteiger partial charge in [0.15, 0.2) is 0 Å². The maximum Gasteiger partial charge on any atom is 0.306 e. The van der Waals surface area contributed by atoms with Crippen LogP contribution in [0.4, 0.5) is 0 Å². The van der Waals surface area contributed by atoms with Crippen molar-refractivity contribution in [3.63, 3.8) is 0 Å². The van der Waals surface area contributed by atoms with E-state index in [9.17, 15) is 4.79 Å². The number of rotatable bonds is 3. The van der Waals surface area contributed by atoms with E-state index in [1.54, 1.807) is 0 Å². The van der Waals surface area contributed by atoms with Crippen LogP contribution in [0, 0.1) is 0 Å². The van der Waals surface area contributed by atoms with E-state index in [1.807, 2.05) is 0 Å². The van der Waals surface area contributed by atoms with Crippen molar-refractivity contribution >= 4 is 5.97 Å². The van der Waals surface area contributed by atoms with E-state index in [-0.39, 0.29) is 5.97 Å². The van der Waals surface area contributed by atoms with Crippen LogP contribution in [0.2, 0.25) is 0 Å². The highest BCUT2D eigenvalue weighted by Gasteiger charge is 2.28. The van der Waals surface area contributed by atoms with E-state index in [4.69, 9.17) is 0 Å². The van der Waals surface area contributed by atoms with Gasteiger partial charge in [-0.05, 0) is 6.92 Å². The largest absolute Gasteiger partial charge is 0.469 e. The van der Waals surface area contributed by atoms with Crippen molar-refractivity contribution in [3.05, 3.63) is 0 Å². The average molecular weight is 143 g/mol. The van der Waals surface area contributed by atoms with Gasteiger partial charge in [0.25, 0.3) is 0 Å². The first-order valence-electron chi connectivity index (χ1n) is 3.55. The zero-order valence-electron chi connectivity index (χ0n) is 6.46. The van der Waals surface area contributed by atoms with Gasteiger partial charge in [-0.3, -0.25) is 9.69 Å². The molecule has 2 atom stereocenters. The molecule has 0 aliphatic carbocycles. The van der Waals surface area contributed by atoms with Gasteiger partial charge in [0.05, 0.1) is 13.5 Å². The molecule has 3 nitrogen and oxygen atoms in total. The maximum absolute atomic E-state index is 10.6. The van der Waals surface area contributed by atoms with Gasteiger partial charge in [-0.1, -0.05) is 0 Å². The third kappa shape index (κ3) is 1.99. The van der Waals surface area contributed by atoms with Crippen LogP contribution < -0.4 is 0 Å². The number of esters is 1. The highest BCUT2D eigenvalue weighted by Crippen LogP contribution is 2.15. The molecule has 58 valence electrons. The molecule has 0 amide bonds. The molecule has 3 heteroatoms. The first-order valence-corrected chi connectivity index (χ1v) is 3.55. The van der Waals surface area contributed by atoms with E-state index >= 15 is 0 Å². The molecule has 1 heterocycles. The summed E-state index contributed by atoms with van der Waals surface area (Å²) in [5, 5.41) is 0. The Hall–Kier alpha value is -0.570. The Balaban J connectivity index is 2.00. The minimum absolute atomic E-state index is 0.112. The zero-order valence-corrected chi connectivity index (χ0v) is 6.46. The molecule has 1 aliphatic rings. The van der Waals surface area contributed by atoms with Gasteiger partial charge in [-0.2, -0.15) is 0 Å². The number of carbonyl (C=O) groups excluding carboxylic acids is 1. The molecule has 1 aliphatic heterocycles. The standard InChI is InChI=1S/C7H13NO2/c1-6-5-8(6)4-3-7(9)10-2/h6H,3-5H2,1-2H3. The molecule has 0 spiro atoms. The third-order valence-corrected chi connectivity index (χ3v) is 1.82. The summed E-state index contributed by atoms with van der Waals surface area (Å²) in [5.41, 5.74) is 0. The van der Waals surface area contributed by atoms with E-state index < -0.39 is 0 Å². The highest BCUT2D eigenvalue weighted by atomic mass is 16.5. The molecule has 0 saturated carbocycles. The second-order valence-electron chi connectivity index (χ2n) is 2.67. The SMILES string of the molecule is COC(=O)CCN1CC1C. The lowest BCUT2D eigenvalue weighted by atomic mass is 10.4. The van der Waals surface area contributed by atoms with Crippen molar-refractivity contribution in [2.75, 3.05) is 20.2 Å². The Morgan fingerprint density at radius 3 is 2.80 bits per heavy atom. The minimum Gasteiger partial charge on any atom is -0.469 e. The zero-order chi connectivity index (χ0) is 7.56. The van der Waals surface area contributed by atoms with E-state index in [1.165, 1.54) is 7.11 Å². The van der Waals surface area contributed by atoms with Crippen molar-refractivity contribution in [1.29, 1.82) is 0 Å². The quantitative estimate of drug-likeness (QED) is 0.419. The van der Waals surface area contributed by atoms with Crippen molar-refractivity contribution in [1.82, 2.24) is 4.90 Å². The van der Waals surface area contributed by atoms with Crippen LogP contribution in [0.1, 0.15) is 13.3 Å².